The number of nitrogens with one attached hydrogen (secondary N) is 1. The summed E-state index contributed by atoms with van der Waals surface area (Å²) in [6, 6.07) is 22.2. The highest BCUT2D eigenvalue weighted by Gasteiger charge is 2.24. The first-order valence-electron chi connectivity index (χ1n) is 8.09. The van der Waals surface area contributed by atoms with Gasteiger partial charge in [-0.2, -0.15) is 0 Å². The van der Waals surface area contributed by atoms with Gasteiger partial charge in [0.1, 0.15) is 6.04 Å². The predicted octanol–water partition coefficient (Wildman–Crippen LogP) is 4.32. The quantitative estimate of drug-likeness (QED) is 0.575. The van der Waals surface area contributed by atoms with Gasteiger partial charge in [0.2, 0.25) is 11.8 Å². The molecule has 0 unspecified atom stereocenters. The lowest BCUT2D eigenvalue weighted by Crippen LogP contribution is -2.29. The number of carbonyl (C=O) groups excluding carboxylic acids is 1. The van der Waals surface area contributed by atoms with Gasteiger partial charge in [-0.3, -0.25) is 4.79 Å². The van der Waals surface area contributed by atoms with Gasteiger partial charge in [-0.25, -0.2) is 0 Å². The van der Waals surface area contributed by atoms with Crippen LogP contribution in [0.1, 0.15) is 27.2 Å². The second kappa shape index (κ2) is 7.33. The third-order valence-electron chi connectivity index (χ3n) is 3.86. The zero-order chi connectivity index (χ0) is 17.8. The molecule has 1 N–H and O–H groups in total. The van der Waals surface area contributed by atoms with Crippen LogP contribution in [0.2, 0.25) is 0 Å². The van der Waals surface area contributed by atoms with Crippen LogP contribution in [0.4, 0.5) is 0 Å². The molecular weight excluding hydrogens is 346 g/mol. The lowest BCUT2D eigenvalue weighted by atomic mass is 10.1. The molecule has 2 aromatic carbocycles. The molecule has 26 heavy (non-hydrogen) atoms. The summed E-state index contributed by atoms with van der Waals surface area (Å²) < 4.78 is 5.87. The normalized spacial score (nSPS) is 11.8. The number of hydrogen-bond acceptors (Lipinski definition) is 5. The molecule has 0 bridgehead atoms. The maximum absolute atomic E-state index is 12.5. The average molecular weight is 361 g/mol. The number of benzene rings is 2. The lowest BCUT2D eigenvalue weighted by molar-refractivity contribution is 0.0942. The van der Waals surface area contributed by atoms with Crippen LogP contribution in [-0.2, 0) is 0 Å². The van der Waals surface area contributed by atoms with E-state index in [0.29, 0.717) is 16.7 Å². The number of hydrogen-bond donors (Lipinski definition) is 1. The molecule has 0 fully saturated rings. The van der Waals surface area contributed by atoms with Gasteiger partial charge in [0.05, 0.1) is 4.88 Å². The van der Waals surface area contributed by atoms with Crippen molar-refractivity contribution in [2.75, 3.05) is 0 Å². The molecule has 0 spiro atoms. The zero-order valence-electron chi connectivity index (χ0n) is 13.7. The summed E-state index contributed by atoms with van der Waals surface area (Å²) in [5.41, 5.74) is 1.71. The number of amides is 1. The Hall–Kier alpha value is -3.25. The van der Waals surface area contributed by atoms with Crippen LogP contribution in [0.3, 0.4) is 0 Å². The average Bonchev–Trinajstić information content (AvgIpc) is 3.39. The molecule has 2 aromatic heterocycles. The Morgan fingerprint density at radius 3 is 2.35 bits per heavy atom. The van der Waals surface area contributed by atoms with E-state index >= 15 is 0 Å². The fraction of sp³-hybridized carbons (Fsp3) is 0.0500. The van der Waals surface area contributed by atoms with Gasteiger partial charge < -0.3 is 9.73 Å². The Kier molecular flexibility index (Phi) is 4.57. The lowest BCUT2D eigenvalue weighted by Gasteiger charge is -2.15. The minimum atomic E-state index is -0.518. The van der Waals surface area contributed by atoms with E-state index in [2.05, 4.69) is 15.5 Å². The summed E-state index contributed by atoms with van der Waals surface area (Å²) in [5, 5.41) is 13.2. The van der Waals surface area contributed by atoms with Crippen molar-refractivity contribution >= 4 is 17.2 Å². The number of carbonyl (C=O) groups is 1. The fourth-order valence-corrected chi connectivity index (χ4v) is 3.22. The number of rotatable bonds is 5. The third-order valence-corrected chi connectivity index (χ3v) is 4.73. The summed E-state index contributed by atoms with van der Waals surface area (Å²) in [6.45, 7) is 0. The van der Waals surface area contributed by atoms with Gasteiger partial charge in [0.25, 0.3) is 5.91 Å². The van der Waals surface area contributed by atoms with Gasteiger partial charge >= 0.3 is 0 Å². The molecule has 1 amide bonds. The number of nitrogens with zero attached hydrogens (tertiary/aromatic N) is 2. The van der Waals surface area contributed by atoms with Crippen molar-refractivity contribution in [3.8, 4) is 11.5 Å². The minimum absolute atomic E-state index is 0.173. The van der Waals surface area contributed by atoms with E-state index in [0.717, 1.165) is 11.1 Å². The van der Waals surface area contributed by atoms with E-state index in [1.54, 1.807) is 6.07 Å². The summed E-state index contributed by atoms with van der Waals surface area (Å²) in [4.78, 5) is 13.2. The van der Waals surface area contributed by atoms with Crippen LogP contribution in [0.25, 0.3) is 11.5 Å². The first kappa shape index (κ1) is 16.2. The van der Waals surface area contributed by atoms with Gasteiger partial charge in [-0.05, 0) is 29.1 Å². The van der Waals surface area contributed by atoms with E-state index < -0.39 is 6.04 Å². The first-order chi connectivity index (χ1) is 12.8. The number of thiophene rings is 1. The van der Waals surface area contributed by atoms with Crippen LogP contribution in [0, 0.1) is 0 Å². The van der Waals surface area contributed by atoms with Crippen molar-refractivity contribution in [2.45, 2.75) is 6.04 Å². The Labute approximate surface area is 154 Å². The Bertz CT molecular complexity index is 982. The fourth-order valence-electron chi connectivity index (χ4n) is 2.59. The molecule has 0 aliphatic heterocycles. The van der Waals surface area contributed by atoms with E-state index in [-0.39, 0.29) is 5.91 Å². The van der Waals surface area contributed by atoms with Crippen molar-refractivity contribution < 1.29 is 9.21 Å². The molecule has 0 radical (unpaired) electrons. The Morgan fingerprint density at radius 2 is 1.65 bits per heavy atom. The monoisotopic (exact) mass is 361 g/mol. The van der Waals surface area contributed by atoms with Crippen LogP contribution in [-0.4, -0.2) is 16.1 Å². The van der Waals surface area contributed by atoms with E-state index in [1.165, 1.54) is 11.3 Å². The van der Waals surface area contributed by atoms with Crippen molar-refractivity contribution in [2.24, 2.45) is 0 Å². The van der Waals surface area contributed by atoms with Crippen LogP contribution in [0.15, 0.2) is 82.6 Å². The minimum Gasteiger partial charge on any atom is -0.418 e. The predicted molar refractivity (Wildman–Crippen MR) is 99.8 cm³/mol. The molecule has 0 aliphatic carbocycles. The van der Waals surface area contributed by atoms with E-state index in [1.807, 2.05) is 72.1 Å². The Balaban J connectivity index is 1.67. The molecule has 1 atom stereocenters. The SMILES string of the molecule is O=C(N[C@H](c1ccccc1)c1nnc(-c2ccccc2)o1)c1cccs1. The van der Waals surface area contributed by atoms with Crippen molar-refractivity contribution in [3.05, 3.63) is 94.5 Å². The van der Waals surface area contributed by atoms with Gasteiger partial charge in [0.15, 0.2) is 0 Å². The maximum Gasteiger partial charge on any atom is 0.262 e. The second-order valence-corrected chi connectivity index (χ2v) is 6.55. The number of aromatic nitrogens is 2. The van der Waals surface area contributed by atoms with E-state index in [4.69, 9.17) is 4.42 Å². The zero-order valence-corrected chi connectivity index (χ0v) is 14.5. The standard InChI is InChI=1S/C20H15N3O2S/c24-18(16-12-7-13-26-16)21-17(14-8-3-1-4-9-14)20-23-22-19(25-20)15-10-5-2-6-11-15/h1-13,17H,(H,21,24)/t17-/m1/s1. The van der Waals surface area contributed by atoms with Crippen LogP contribution >= 0.6 is 11.3 Å². The summed E-state index contributed by atoms with van der Waals surface area (Å²) in [6.07, 6.45) is 0. The molecule has 128 valence electrons. The molecule has 0 saturated heterocycles. The smallest absolute Gasteiger partial charge is 0.262 e. The molecule has 5 nitrogen and oxygen atoms in total. The van der Waals surface area contributed by atoms with E-state index in [9.17, 15) is 4.79 Å². The van der Waals surface area contributed by atoms with Crippen molar-refractivity contribution in [1.29, 1.82) is 0 Å². The van der Waals surface area contributed by atoms with Crippen LogP contribution < -0.4 is 5.32 Å². The first-order valence-corrected chi connectivity index (χ1v) is 8.97. The molecular formula is C20H15N3O2S. The van der Waals surface area contributed by atoms with Gasteiger partial charge in [-0.15, -0.1) is 21.5 Å². The van der Waals surface area contributed by atoms with Crippen molar-refractivity contribution in [1.82, 2.24) is 15.5 Å². The third kappa shape index (κ3) is 3.41. The summed E-state index contributed by atoms with van der Waals surface area (Å²) in [5.74, 6) is 0.597. The Morgan fingerprint density at radius 1 is 0.923 bits per heavy atom. The molecule has 4 aromatic rings. The van der Waals surface area contributed by atoms with Crippen LogP contribution in [0.5, 0.6) is 0 Å². The summed E-state index contributed by atoms with van der Waals surface area (Å²) in [7, 11) is 0. The maximum atomic E-state index is 12.5. The van der Waals surface area contributed by atoms with Gasteiger partial charge in [0, 0.05) is 5.56 Å². The van der Waals surface area contributed by atoms with Gasteiger partial charge in [-0.1, -0.05) is 54.6 Å². The molecule has 0 aliphatic rings. The topological polar surface area (TPSA) is 68.0 Å². The second-order valence-electron chi connectivity index (χ2n) is 5.61. The highest BCUT2D eigenvalue weighted by molar-refractivity contribution is 7.12. The highest BCUT2D eigenvalue weighted by Crippen LogP contribution is 2.25. The molecule has 0 saturated carbocycles. The largest absolute Gasteiger partial charge is 0.418 e. The van der Waals surface area contributed by atoms with Crippen molar-refractivity contribution in [3.63, 3.8) is 0 Å². The summed E-state index contributed by atoms with van der Waals surface area (Å²) >= 11 is 1.39. The highest BCUT2D eigenvalue weighted by atomic mass is 32.1. The molecule has 6 heteroatoms. The molecule has 2 heterocycles. The molecule has 4 rings (SSSR count).